The van der Waals surface area contributed by atoms with Crippen molar-refractivity contribution < 1.29 is 22.6 Å². The highest BCUT2D eigenvalue weighted by atomic mass is 19.4. The third-order valence-corrected chi connectivity index (χ3v) is 5.47. The normalized spacial score (nSPS) is 16.5. The average molecular weight is 437 g/mol. The molecular formula is C24H31F3N2O2. The van der Waals surface area contributed by atoms with Crippen LogP contribution in [0.5, 0.6) is 5.75 Å². The fourth-order valence-electron chi connectivity index (χ4n) is 3.57. The molecule has 7 heteroatoms. The Hall–Kier alpha value is -2.09. The van der Waals surface area contributed by atoms with E-state index >= 15 is 0 Å². The molecule has 3 rings (SSSR count). The summed E-state index contributed by atoms with van der Waals surface area (Å²) in [7, 11) is 3.98. The zero-order valence-electron chi connectivity index (χ0n) is 18.2. The number of hydrogen-bond acceptors (Lipinski definition) is 4. The molecule has 1 aliphatic heterocycles. The Morgan fingerprint density at radius 1 is 1.00 bits per heavy atom. The molecule has 0 aliphatic carbocycles. The molecule has 1 atom stereocenters. The van der Waals surface area contributed by atoms with E-state index in [9.17, 15) is 13.2 Å². The largest absolute Gasteiger partial charge is 0.486 e. The molecule has 1 fully saturated rings. The van der Waals surface area contributed by atoms with E-state index in [4.69, 9.17) is 9.47 Å². The van der Waals surface area contributed by atoms with E-state index in [1.807, 2.05) is 14.1 Å². The Morgan fingerprint density at radius 3 is 2.23 bits per heavy atom. The number of rotatable bonds is 9. The third-order valence-electron chi connectivity index (χ3n) is 5.47. The summed E-state index contributed by atoms with van der Waals surface area (Å²) in [5.41, 5.74) is 1.61. The van der Waals surface area contributed by atoms with Crippen LogP contribution in [0.4, 0.5) is 13.2 Å². The number of nitrogens with zero attached hydrogens (tertiary/aromatic N) is 2. The second-order valence-corrected chi connectivity index (χ2v) is 8.17. The van der Waals surface area contributed by atoms with E-state index in [1.165, 1.54) is 17.7 Å². The number of alkyl halides is 3. The monoisotopic (exact) mass is 436 g/mol. The molecule has 0 saturated carbocycles. The number of morpholine rings is 1. The zero-order valence-corrected chi connectivity index (χ0v) is 18.2. The maximum Gasteiger partial charge on any atom is 0.416 e. The maximum atomic E-state index is 12.8. The molecule has 1 unspecified atom stereocenters. The lowest BCUT2D eigenvalue weighted by molar-refractivity contribution is -0.137. The van der Waals surface area contributed by atoms with E-state index in [2.05, 4.69) is 34.1 Å². The Bertz CT molecular complexity index is 786. The van der Waals surface area contributed by atoms with E-state index < -0.39 is 11.7 Å². The van der Waals surface area contributed by atoms with Gasteiger partial charge < -0.3 is 14.4 Å². The summed E-state index contributed by atoms with van der Waals surface area (Å²) in [5, 5.41) is 0. The molecule has 0 aromatic heterocycles. The number of halogens is 3. The number of hydrogen-bond donors (Lipinski definition) is 0. The molecule has 31 heavy (non-hydrogen) atoms. The summed E-state index contributed by atoms with van der Waals surface area (Å²) in [6.45, 7) is 5.37. The van der Waals surface area contributed by atoms with Crippen LogP contribution in [0.3, 0.4) is 0 Å². The molecule has 2 aromatic carbocycles. The summed E-state index contributed by atoms with van der Waals surface area (Å²) in [6.07, 6.45) is -2.86. The minimum absolute atomic E-state index is 0.229. The minimum Gasteiger partial charge on any atom is -0.486 e. The van der Waals surface area contributed by atoms with Gasteiger partial charge in [-0.15, -0.1) is 0 Å². The number of benzene rings is 2. The molecule has 1 heterocycles. The van der Waals surface area contributed by atoms with Crippen molar-refractivity contribution in [2.75, 3.05) is 53.5 Å². The smallest absolute Gasteiger partial charge is 0.416 e. The topological polar surface area (TPSA) is 24.9 Å². The quantitative estimate of drug-likeness (QED) is 0.571. The number of ether oxygens (including phenoxy) is 2. The van der Waals surface area contributed by atoms with Gasteiger partial charge in [0.05, 0.1) is 18.8 Å². The molecule has 0 bridgehead atoms. The van der Waals surface area contributed by atoms with Gasteiger partial charge in [0.2, 0.25) is 0 Å². The molecule has 2 aromatic rings. The Kier molecular flexibility index (Phi) is 8.35. The van der Waals surface area contributed by atoms with Gasteiger partial charge in [-0.05, 0) is 55.9 Å². The van der Waals surface area contributed by atoms with Gasteiger partial charge >= 0.3 is 6.18 Å². The van der Waals surface area contributed by atoms with Crippen molar-refractivity contribution in [3.8, 4) is 5.75 Å². The molecule has 0 N–H and O–H groups in total. The second-order valence-electron chi connectivity index (χ2n) is 8.17. The van der Waals surface area contributed by atoms with Gasteiger partial charge in [-0.2, -0.15) is 13.2 Å². The van der Waals surface area contributed by atoms with Crippen molar-refractivity contribution in [1.82, 2.24) is 9.80 Å². The highest BCUT2D eigenvalue weighted by Crippen LogP contribution is 2.32. The van der Waals surface area contributed by atoms with Crippen LogP contribution in [0.2, 0.25) is 0 Å². The van der Waals surface area contributed by atoms with E-state index in [1.54, 1.807) is 0 Å². The fraction of sp³-hybridized carbons (Fsp3) is 0.500. The molecule has 1 saturated heterocycles. The second kappa shape index (κ2) is 11.0. The molecule has 0 amide bonds. The lowest BCUT2D eigenvalue weighted by Crippen LogP contribution is -2.37. The van der Waals surface area contributed by atoms with Crippen molar-refractivity contribution in [1.29, 1.82) is 0 Å². The zero-order chi connectivity index (χ0) is 22.3. The van der Waals surface area contributed by atoms with Gasteiger partial charge in [-0.1, -0.05) is 24.3 Å². The van der Waals surface area contributed by atoms with Gasteiger partial charge in [0.25, 0.3) is 0 Å². The highest BCUT2D eigenvalue weighted by Gasteiger charge is 2.30. The predicted octanol–water partition coefficient (Wildman–Crippen LogP) is 4.65. The third kappa shape index (κ3) is 7.52. The average Bonchev–Trinajstić information content (AvgIpc) is 2.76. The Labute approximate surface area is 182 Å². The van der Waals surface area contributed by atoms with Crippen molar-refractivity contribution in [3.63, 3.8) is 0 Å². The first-order valence-corrected chi connectivity index (χ1v) is 10.7. The van der Waals surface area contributed by atoms with Crippen LogP contribution in [-0.4, -0.2) is 63.3 Å². The van der Waals surface area contributed by atoms with Crippen molar-refractivity contribution in [3.05, 3.63) is 65.2 Å². The first-order valence-electron chi connectivity index (χ1n) is 10.7. The minimum atomic E-state index is -4.35. The summed E-state index contributed by atoms with van der Waals surface area (Å²) in [4.78, 5) is 4.48. The van der Waals surface area contributed by atoms with E-state index in [-0.39, 0.29) is 6.10 Å². The van der Waals surface area contributed by atoms with Gasteiger partial charge in [-0.3, -0.25) is 4.90 Å². The lowest BCUT2D eigenvalue weighted by Gasteiger charge is -2.26. The summed E-state index contributed by atoms with van der Waals surface area (Å²) >= 11 is 0. The SMILES string of the molecule is CN(C)CCC(Oc1ccc(C(F)(F)F)cc1)c1ccc(CCN2CCOCC2)cc1. The summed E-state index contributed by atoms with van der Waals surface area (Å²) < 4.78 is 50.0. The fourth-order valence-corrected chi connectivity index (χ4v) is 3.57. The van der Waals surface area contributed by atoms with Crippen molar-refractivity contribution in [2.45, 2.75) is 25.1 Å². The van der Waals surface area contributed by atoms with Gasteiger partial charge in [0.1, 0.15) is 11.9 Å². The van der Waals surface area contributed by atoms with Crippen LogP contribution >= 0.6 is 0 Å². The highest BCUT2D eigenvalue weighted by molar-refractivity contribution is 5.31. The van der Waals surface area contributed by atoms with E-state index in [0.717, 1.165) is 69.9 Å². The van der Waals surface area contributed by atoms with Gasteiger partial charge in [0.15, 0.2) is 0 Å². The molecule has 4 nitrogen and oxygen atoms in total. The van der Waals surface area contributed by atoms with Crippen LogP contribution in [-0.2, 0) is 17.3 Å². The predicted molar refractivity (Wildman–Crippen MR) is 115 cm³/mol. The van der Waals surface area contributed by atoms with Crippen LogP contribution in [0, 0.1) is 0 Å². The first kappa shape index (κ1) is 23.6. The Morgan fingerprint density at radius 2 is 1.65 bits per heavy atom. The van der Waals surface area contributed by atoms with Crippen molar-refractivity contribution >= 4 is 0 Å². The van der Waals surface area contributed by atoms with Gasteiger partial charge in [0, 0.05) is 32.6 Å². The maximum absolute atomic E-state index is 12.8. The molecule has 170 valence electrons. The lowest BCUT2D eigenvalue weighted by atomic mass is 10.0. The molecular weight excluding hydrogens is 405 g/mol. The van der Waals surface area contributed by atoms with Crippen LogP contribution in [0.15, 0.2) is 48.5 Å². The van der Waals surface area contributed by atoms with Crippen molar-refractivity contribution in [2.24, 2.45) is 0 Å². The van der Waals surface area contributed by atoms with Crippen LogP contribution in [0.1, 0.15) is 29.2 Å². The van der Waals surface area contributed by atoms with E-state index in [0.29, 0.717) is 5.75 Å². The summed E-state index contributed by atoms with van der Waals surface area (Å²) in [5.74, 6) is 0.438. The summed E-state index contributed by atoms with van der Waals surface area (Å²) in [6, 6.07) is 13.3. The first-order chi connectivity index (χ1) is 14.8. The molecule has 0 radical (unpaired) electrons. The molecule has 1 aliphatic rings. The standard InChI is InChI=1S/C24H31F3N2O2/c1-28(2)13-12-23(31-22-9-7-21(8-10-22)24(25,26)27)20-5-3-19(4-6-20)11-14-29-15-17-30-18-16-29/h3-10,23H,11-18H2,1-2H3. The molecule has 0 spiro atoms. The van der Waals surface area contributed by atoms with Gasteiger partial charge in [-0.25, -0.2) is 0 Å². The van der Waals surface area contributed by atoms with Crippen LogP contribution < -0.4 is 4.74 Å². The van der Waals surface area contributed by atoms with Crippen LogP contribution in [0.25, 0.3) is 0 Å². The Balaban J connectivity index is 1.64.